The average Bonchev–Trinajstić information content (AvgIpc) is 3.24. The summed E-state index contributed by atoms with van der Waals surface area (Å²) in [4.78, 5) is 7.20. The van der Waals surface area contributed by atoms with E-state index in [4.69, 9.17) is 19.2 Å². The standard InChI is InChI=1S/C24H34N4O3/c1-5-25-24(26-15-18-6-8-21(29-2)9-7-18)27-20-10-11-28(17-20)16-19-12-22(30-3)14-23(13-19)31-4/h6-9,12-14,20H,5,10-11,15-17H2,1-4H3,(H2,25,26,27). The van der Waals surface area contributed by atoms with Crippen LogP contribution in [0.4, 0.5) is 0 Å². The smallest absolute Gasteiger partial charge is 0.191 e. The van der Waals surface area contributed by atoms with Crippen LogP contribution < -0.4 is 24.8 Å². The van der Waals surface area contributed by atoms with Crippen molar-refractivity contribution in [3.63, 3.8) is 0 Å². The molecule has 3 rings (SSSR count). The molecule has 7 heteroatoms. The first kappa shape index (κ1) is 22.7. The zero-order valence-electron chi connectivity index (χ0n) is 19.0. The molecule has 1 fully saturated rings. The molecule has 0 bridgehead atoms. The van der Waals surface area contributed by atoms with Gasteiger partial charge in [-0.2, -0.15) is 0 Å². The molecule has 1 aliphatic heterocycles. The third kappa shape index (κ3) is 6.79. The van der Waals surface area contributed by atoms with Gasteiger partial charge in [0.1, 0.15) is 17.2 Å². The summed E-state index contributed by atoms with van der Waals surface area (Å²) in [5.41, 5.74) is 2.34. The number of methoxy groups -OCH3 is 3. The highest BCUT2D eigenvalue weighted by Crippen LogP contribution is 2.24. The number of benzene rings is 2. The minimum Gasteiger partial charge on any atom is -0.497 e. The van der Waals surface area contributed by atoms with Crippen LogP contribution in [0.5, 0.6) is 17.2 Å². The highest BCUT2D eigenvalue weighted by molar-refractivity contribution is 5.80. The van der Waals surface area contributed by atoms with Gasteiger partial charge in [-0.25, -0.2) is 4.99 Å². The van der Waals surface area contributed by atoms with Crippen LogP contribution in [0.2, 0.25) is 0 Å². The van der Waals surface area contributed by atoms with Gasteiger partial charge in [0.25, 0.3) is 0 Å². The van der Waals surface area contributed by atoms with Crippen molar-refractivity contribution in [3.05, 3.63) is 53.6 Å². The van der Waals surface area contributed by atoms with Crippen LogP contribution in [0.25, 0.3) is 0 Å². The third-order valence-corrected chi connectivity index (χ3v) is 5.35. The third-order valence-electron chi connectivity index (χ3n) is 5.35. The number of aliphatic imine (C=N–C) groups is 1. The maximum atomic E-state index is 5.40. The van der Waals surface area contributed by atoms with Crippen molar-refractivity contribution in [2.45, 2.75) is 32.5 Å². The highest BCUT2D eigenvalue weighted by atomic mass is 16.5. The Kier molecular flexibility index (Phi) is 8.41. The summed E-state index contributed by atoms with van der Waals surface area (Å²) < 4.78 is 16.0. The molecule has 168 valence electrons. The second-order valence-electron chi connectivity index (χ2n) is 7.63. The van der Waals surface area contributed by atoms with Crippen LogP contribution in [0.15, 0.2) is 47.5 Å². The minimum atomic E-state index is 0.362. The lowest BCUT2D eigenvalue weighted by molar-refractivity contribution is 0.321. The number of guanidine groups is 1. The van der Waals surface area contributed by atoms with Gasteiger partial charge in [-0.1, -0.05) is 12.1 Å². The Morgan fingerprint density at radius 1 is 0.968 bits per heavy atom. The lowest BCUT2D eigenvalue weighted by atomic mass is 10.2. The molecule has 1 unspecified atom stereocenters. The summed E-state index contributed by atoms with van der Waals surface area (Å²) in [5.74, 6) is 3.36. The number of rotatable bonds is 9. The molecule has 7 nitrogen and oxygen atoms in total. The number of hydrogen-bond acceptors (Lipinski definition) is 5. The van der Waals surface area contributed by atoms with Crippen molar-refractivity contribution in [2.75, 3.05) is 41.0 Å². The predicted octanol–water partition coefficient (Wildman–Crippen LogP) is 3.04. The summed E-state index contributed by atoms with van der Waals surface area (Å²) in [5, 5.41) is 6.95. The normalized spacial score (nSPS) is 16.8. The van der Waals surface area contributed by atoms with E-state index in [0.29, 0.717) is 12.6 Å². The Balaban J connectivity index is 1.56. The van der Waals surface area contributed by atoms with Crippen LogP contribution in [0.1, 0.15) is 24.5 Å². The summed E-state index contributed by atoms with van der Waals surface area (Å²) in [7, 11) is 5.04. The van der Waals surface area contributed by atoms with Gasteiger partial charge in [0.15, 0.2) is 5.96 Å². The van der Waals surface area contributed by atoms with Crippen LogP contribution in [-0.2, 0) is 13.1 Å². The number of likely N-dealkylation sites (tertiary alicyclic amines) is 1. The molecule has 2 aromatic carbocycles. The van der Waals surface area contributed by atoms with E-state index in [9.17, 15) is 0 Å². The molecule has 0 aliphatic carbocycles. The maximum Gasteiger partial charge on any atom is 0.191 e. The molecule has 1 atom stereocenters. The SMILES string of the molecule is CCNC(=NCc1ccc(OC)cc1)NC1CCN(Cc2cc(OC)cc(OC)c2)C1. The summed E-state index contributed by atoms with van der Waals surface area (Å²) in [6.07, 6.45) is 1.08. The molecular weight excluding hydrogens is 392 g/mol. The molecule has 1 heterocycles. The first-order valence-electron chi connectivity index (χ1n) is 10.8. The molecule has 0 spiro atoms. The number of nitrogens with zero attached hydrogens (tertiary/aromatic N) is 2. The number of nitrogens with one attached hydrogen (secondary N) is 2. The fourth-order valence-corrected chi connectivity index (χ4v) is 3.72. The fraction of sp³-hybridized carbons (Fsp3) is 0.458. The van der Waals surface area contributed by atoms with E-state index in [1.54, 1.807) is 21.3 Å². The predicted molar refractivity (Wildman–Crippen MR) is 124 cm³/mol. The quantitative estimate of drug-likeness (QED) is 0.475. The van der Waals surface area contributed by atoms with Crippen molar-refractivity contribution >= 4 is 5.96 Å². The van der Waals surface area contributed by atoms with E-state index in [-0.39, 0.29) is 0 Å². The van der Waals surface area contributed by atoms with Gasteiger partial charge in [-0.15, -0.1) is 0 Å². The van der Waals surface area contributed by atoms with Gasteiger partial charge < -0.3 is 24.8 Å². The summed E-state index contributed by atoms with van der Waals surface area (Å²) in [6, 6.07) is 14.4. The van der Waals surface area contributed by atoms with E-state index in [1.165, 1.54) is 5.56 Å². The van der Waals surface area contributed by atoms with Crippen LogP contribution in [-0.4, -0.2) is 57.9 Å². The lowest BCUT2D eigenvalue weighted by Gasteiger charge is -2.19. The van der Waals surface area contributed by atoms with Crippen molar-refractivity contribution in [1.82, 2.24) is 15.5 Å². The van der Waals surface area contributed by atoms with E-state index >= 15 is 0 Å². The van der Waals surface area contributed by atoms with Gasteiger partial charge in [0.2, 0.25) is 0 Å². The van der Waals surface area contributed by atoms with Crippen molar-refractivity contribution < 1.29 is 14.2 Å². The highest BCUT2D eigenvalue weighted by Gasteiger charge is 2.23. The van der Waals surface area contributed by atoms with Gasteiger partial charge in [0, 0.05) is 38.3 Å². The summed E-state index contributed by atoms with van der Waals surface area (Å²) in [6.45, 7) is 6.41. The number of hydrogen-bond donors (Lipinski definition) is 2. The zero-order chi connectivity index (χ0) is 22.1. The molecule has 2 aromatic rings. The maximum absolute atomic E-state index is 5.40. The fourth-order valence-electron chi connectivity index (χ4n) is 3.72. The van der Waals surface area contributed by atoms with Gasteiger partial charge in [0.05, 0.1) is 27.9 Å². The molecule has 1 saturated heterocycles. The Morgan fingerprint density at radius 3 is 2.26 bits per heavy atom. The van der Waals surface area contributed by atoms with Crippen LogP contribution >= 0.6 is 0 Å². The second-order valence-corrected chi connectivity index (χ2v) is 7.63. The molecule has 2 N–H and O–H groups in total. The molecule has 0 aromatic heterocycles. The topological polar surface area (TPSA) is 67.4 Å². The van der Waals surface area contributed by atoms with Gasteiger partial charge >= 0.3 is 0 Å². The lowest BCUT2D eigenvalue weighted by Crippen LogP contribution is -2.44. The zero-order valence-corrected chi connectivity index (χ0v) is 19.0. The molecule has 0 radical (unpaired) electrons. The monoisotopic (exact) mass is 426 g/mol. The molecule has 0 saturated carbocycles. The molecule has 0 amide bonds. The van der Waals surface area contributed by atoms with E-state index in [0.717, 1.165) is 61.4 Å². The minimum absolute atomic E-state index is 0.362. The van der Waals surface area contributed by atoms with Crippen LogP contribution in [0.3, 0.4) is 0 Å². The van der Waals surface area contributed by atoms with Crippen molar-refractivity contribution in [2.24, 2.45) is 4.99 Å². The Hall–Kier alpha value is -2.93. The van der Waals surface area contributed by atoms with Crippen molar-refractivity contribution in [1.29, 1.82) is 0 Å². The van der Waals surface area contributed by atoms with Gasteiger partial charge in [-0.05, 0) is 48.7 Å². The first-order valence-corrected chi connectivity index (χ1v) is 10.8. The average molecular weight is 427 g/mol. The van der Waals surface area contributed by atoms with E-state index in [2.05, 4.69) is 34.6 Å². The Bertz CT molecular complexity index is 832. The van der Waals surface area contributed by atoms with Gasteiger partial charge in [-0.3, -0.25) is 4.90 Å². The molecular formula is C24H34N4O3. The Morgan fingerprint density at radius 2 is 1.65 bits per heavy atom. The second kappa shape index (κ2) is 11.5. The van der Waals surface area contributed by atoms with Crippen molar-refractivity contribution in [3.8, 4) is 17.2 Å². The largest absolute Gasteiger partial charge is 0.497 e. The first-order chi connectivity index (χ1) is 15.1. The van der Waals surface area contributed by atoms with Crippen LogP contribution in [0, 0.1) is 0 Å². The molecule has 31 heavy (non-hydrogen) atoms. The molecule has 1 aliphatic rings. The Labute approximate surface area is 185 Å². The number of ether oxygens (including phenoxy) is 3. The van der Waals surface area contributed by atoms with E-state index < -0.39 is 0 Å². The summed E-state index contributed by atoms with van der Waals surface area (Å²) >= 11 is 0. The van der Waals surface area contributed by atoms with E-state index in [1.807, 2.05) is 30.3 Å².